The fourth-order valence-electron chi connectivity index (χ4n) is 1.42. The molecule has 8 heteroatoms. The van der Waals surface area contributed by atoms with Gasteiger partial charge in [0.2, 0.25) is 0 Å². The van der Waals surface area contributed by atoms with Gasteiger partial charge in [-0.2, -0.15) is 0 Å². The predicted octanol–water partition coefficient (Wildman–Crippen LogP) is 3.45. The average Bonchev–Trinajstić information content (AvgIpc) is 2.42. The van der Waals surface area contributed by atoms with Gasteiger partial charge in [0, 0.05) is 10.5 Å². The van der Waals surface area contributed by atoms with E-state index in [1.165, 1.54) is 12.4 Å². The number of nitrogens with zero attached hydrogens (tertiary/aromatic N) is 2. The maximum Gasteiger partial charge on any atom is 0.356 e. The second-order valence-corrected chi connectivity index (χ2v) is 5.39. The molecule has 0 bridgehead atoms. The molecule has 2 rings (SSSR count). The van der Waals surface area contributed by atoms with Crippen LogP contribution in [0, 0.1) is 0 Å². The first-order valence-electron chi connectivity index (χ1n) is 5.36. The van der Waals surface area contributed by atoms with Crippen LogP contribution in [0.2, 0.25) is 0 Å². The number of carboxylic acid groups (broad SMARTS) is 1. The third-order valence-corrected chi connectivity index (χ3v) is 3.65. The zero-order valence-electron chi connectivity index (χ0n) is 10.2. The summed E-state index contributed by atoms with van der Waals surface area (Å²) in [6.07, 6.45) is 2.54. The normalized spacial score (nSPS) is 10.2. The number of hydrogen-bond donors (Lipinski definition) is 2. The van der Waals surface area contributed by atoms with Gasteiger partial charge in [-0.1, -0.05) is 0 Å². The highest BCUT2D eigenvalue weighted by atomic mass is 79.9. The van der Waals surface area contributed by atoms with E-state index >= 15 is 0 Å². The molecule has 6 nitrogen and oxygen atoms in total. The van der Waals surface area contributed by atoms with Gasteiger partial charge < -0.3 is 15.2 Å². The summed E-state index contributed by atoms with van der Waals surface area (Å²) in [4.78, 5) is 18.5. The smallest absolute Gasteiger partial charge is 0.356 e. The van der Waals surface area contributed by atoms with Crippen molar-refractivity contribution in [2.75, 3.05) is 12.4 Å². The van der Waals surface area contributed by atoms with Gasteiger partial charge >= 0.3 is 5.97 Å². The molecule has 0 unspecified atom stereocenters. The first-order chi connectivity index (χ1) is 9.51. The van der Waals surface area contributed by atoms with Crippen molar-refractivity contribution in [3.05, 3.63) is 39.2 Å². The summed E-state index contributed by atoms with van der Waals surface area (Å²) in [7, 11) is 1.57. The predicted molar refractivity (Wildman–Crippen MR) is 80.7 cm³/mol. The van der Waals surface area contributed by atoms with Crippen LogP contribution in [0.3, 0.4) is 0 Å². The number of aromatic carboxylic acids is 1. The largest absolute Gasteiger partial charge is 0.495 e. The average molecular weight is 403 g/mol. The number of carboxylic acids is 1. The minimum absolute atomic E-state index is 0.108. The van der Waals surface area contributed by atoms with Gasteiger partial charge in [0.25, 0.3) is 0 Å². The van der Waals surface area contributed by atoms with Gasteiger partial charge in [0.1, 0.15) is 11.6 Å². The number of carbonyl (C=O) groups is 1. The Morgan fingerprint density at radius 2 is 2.00 bits per heavy atom. The lowest BCUT2D eigenvalue weighted by molar-refractivity contribution is 0.0690. The Bertz CT molecular complexity index is 647. The van der Waals surface area contributed by atoms with Crippen LogP contribution in [-0.2, 0) is 0 Å². The summed E-state index contributed by atoms with van der Waals surface area (Å²) in [5.41, 5.74) is 0.616. The minimum Gasteiger partial charge on any atom is -0.495 e. The highest BCUT2D eigenvalue weighted by Crippen LogP contribution is 2.35. The van der Waals surface area contributed by atoms with Crippen LogP contribution in [0.5, 0.6) is 5.75 Å². The maximum absolute atomic E-state index is 10.7. The molecule has 20 heavy (non-hydrogen) atoms. The highest BCUT2D eigenvalue weighted by Gasteiger charge is 2.09. The zero-order valence-corrected chi connectivity index (χ0v) is 13.4. The van der Waals surface area contributed by atoms with Gasteiger partial charge in [0.15, 0.2) is 5.69 Å². The molecule has 0 aliphatic carbocycles. The van der Waals surface area contributed by atoms with E-state index in [1.807, 2.05) is 6.07 Å². The van der Waals surface area contributed by atoms with Crippen molar-refractivity contribution in [1.82, 2.24) is 9.97 Å². The van der Waals surface area contributed by atoms with E-state index in [0.717, 1.165) is 14.6 Å². The first-order valence-corrected chi connectivity index (χ1v) is 6.95. The number of nitrogens with one attached hydrogen (secondary N) is 1. The van der Waals surface area contributed by atoms with E-state index in [-0.39, 0.29) is 5.69 Å². The Balaban J connectivity index is 2.27. The van der Waals surface area contributed by atoms with Gasteiger partial charge in [-0.05, 0) is 37.9 Å². The SMILES string of the molecule is COc1cc(Nc2cnc(C(=O)O)cn2)c(Br)cc1Br. The molecule has 0 fully saturated rings. The Labute approximate surface area is 131 Å². The third kappa shape index (κ3) is 3.26. The molecule has 0 aliphatic heterocycles. The lowest BCUT2D eigenvalue weighted by Gasteiger charge is -2.11. The number of rotatable bonds is 4. The molecule has 0 saturated heterocycles. The van der Waals surface area contributed by atoms with Crippen molar-refractivity contribution in [2.45, 2.75) is 0 Å². The number of halogens is 2. The molecule has 0 aliphatic rings. The standard InChI is InChI=1S/C12H9Br2N3O3/c1-20-10-3-8(6(13)2-7(10)14)17-11-5-15-9(4-16-11)12(18)19/h2-5H,1H3,(H,16,17)(H,18,19). The number of ether oxygens (including phenoxy) is 1. The Hall–Kier alpha value is -1.67. The Morgan fingerprint density at radius 1 is 1.25 bits per heavy atom. The van der Waals surface area contributed by atoms with E-state index in [1.54, 1.807) is 13.2 Å². The fourth-order valence-corrected chi connectivity index (χ4v) is 2.68. The van der Waals surface area contributed by atoms with Crippen molar-refractivity contribution in [3.63, 3.8) is 0 Å². The molecule has 2 aromatic rings. The van der Waals surface area contributed by atoms with Crippen LogP contribution in [0.15, 0.2) is 33.5 Å². The van der Waals surface area contributed by atoms with Crippen LogP contribution in [-0.4, -0.2) is 28.2 Å². The fraction of sp³-hybridized carbons (Fsp3) is 0.0833. The van der Waals surface area contributed by atoms with Crippen LogP contribution < -0.4 is 10.1 Å². The van der Waals surface area contributed by atoms with Gasteiger partial charge in [0.05, 0.1) is 29.7 Å². The Morgan fingerprint density at radius 3 is 2.55 bits per heavy atom. The lowest BCUT2D eigenvalue weighted by Crippen LogP contribution is -2.03. The highest BCUT2D eigenvalue weighted by molar-refractivity contribution is 9.11. The molecule has 1 aromatic carbocycles. The van der Waals surface area contributed by atoms with Crippen LogP contribution >= 0.6 is 31.9 Å². The summed E-state index contributed by atoms with van der Waals surface area (Å²) in [6, 6.07) is 3.61. The number of hydrogen-bond acceptors (Lipinski definition) is 5. The molecule has 2 N–H and O–H groups in total. The van der Waals surface area contributed by atoms with Crippen molar-refractivity contribution in [1.29, 1.82) is 0 Å². The number of anilines is 2. The maximum atomic E-state index is 10.7. The topological polar surface area (TPSA) is 84.3 Å². The van der Waals surface area contributed by atoms with Crippen molar-refractivity contribution < 1.29 is 14.6 Å². The van der Waals surface area contributed by atoms with Gasteiger partial charge in [-0.25, -0.2) is 14.8 Å². The molecule has 0 spiro atoms. The van der Waals surface area contributed by atoms with Crippen LogP contribution in [0.1, 0.15) is 10.5 Å². The summed E-state index contributed by atoms with van der Waals surface area (Å²) >= 11 is 6.79. The van der Waals surface area contributed by atoms with E-state index in [9.17, 15) is 4.79 Å². The minimum atomic E-state index is -1.12. The summed E-state index contributed by atoms with van der Waals surface area (Å²) < 4.78 is 6.82. The van der Waals surface area contributed by atoms with Crippen molar-refractivity contribution in [3.8, 4) is 5.75 Å². The molecule has 1 heterocycles. The van der Waals surface area contributed by atoms with E-state index in [2.05, 4.69) is 47.1 Å². The summed E-state index contributed by atoms with van der Waals surface area (Å²) in [5.74, 6) is -0.0265. The molecule has 1 aromatic heterocycles. The van der Waals surface area contributed by atoms with Crippen LogP contribution in [0.25, 0.3) is 0 Å². The van der Waals surface area contributed by atoms with E-state index in [0.29, 0.717) is 11.6 Å². The lowest BCUT2D eigenvalue weighted by atomic mass is 10.3. The van der Waals surface area contributed by atoms with Gasteiger partial charge in [-0.15, -0.1) is 0 Å². The molecule has 104 valence electrons. The summed E-state index contributed by atoms with van der Waals surface area (Å²) in [5, 5.41) is 11.8. The van der Waals surface area contributed by atoms with E-state index < -0.39 is 5.97 Å². The second kappa shape index (κ2) is 6.19. The quantitative estimate of drug-likeness (QED) is 0.814. The molecular weight excluding hydrogens is 394 g/mol. The molecule has 0 atom stereocenters. The summed E-state index contributed by atoms with van der Waals surface area (Å²) in [6.45, 7) is 0. The zero-order chi connectivity index (χ0) is 14.7. The first kappa shape index (κ1) is 14.7. The molecular formula is C12H9Br2N3O3. The Kier molecular flexibility index (Phi) is 4.56. The van der Waals surface area contributed by atoms with Crippen molar-refractivity contribution in [2.24, 2.45) is 0 Å². The van der Waals surface area contributed by atoms with Crippen molar-refractivity contribution >= 4 is 49.3 Å². The number of benzene rings is 1. The van der Waals surface area contributed by atoms with E-state index in [4.69, 9.17) is 9.84 Å². The molecule has 0 radical (unpaired) electrons. The third-order valence-electron chi connectivity index (χ3n) is 2.38. The monoisotopic (exact) mass is 401 g/mol. The second-order valence-electron chi connectivity index (χ2n) is 3.68. The van der Waals surface area contributed by atoms with Crippen LogP contribution in [0.4, 0.5) is 11.5 Å². The molecule has 0 saturated carbocycles. The number of methoxy groups -OCH3 is 1. The van der Waals surface area contributed by atoms with Gasteiger partial charge in [-0.3, -0.25) is 0 Å². The molecule has 0 amide bonds. The number of aromatic nitrogens is 2.